The summed E-state index contributed by atoms with van der Waals surface area (Å²) in [5.74, 6) is 0.349. The predicted molar refractivity (Wildman–Crippen MR) is 89.9 cm³/mol. The third-order valence-electron chi connectivity index (χ3n) is 8.19. The van der Waals surface area contributed by atoms with E-state index >= 15 is 0 Å². The standard InChI is InChI=1S/C20H28O4/c1-5-12-11(2)6-7-14-13(12)10-16-20(23)18(14,3)9-8-15(21)19(20,4)17(22)24-16/h5,12-16,21,23H,1-2,6-10H2,3-4H3/t12-,13-,14-,15+,16+,18+,19+,20-/m0/s1. The van der Waals surface area contributed by atoms with Gasteiger partial charge in [0.2, 0.25) is 0 Å². The Kier molecular flexibility index (Phi) is 3.22. The lowest BCUT2D eigenvalue weighted by atomic mass is 9.40. The lowest BCUT2D eigenvalue weighted by Crippen LogP contribution is -2.73. The summed E-state index contributed by atoms with van der Waals surface area (Å²) in [5.41, 5.74) is -1.78. The van der Waals surface area contributed by atoms with Crippen LogP contribution in [-0.2, 0) is 9.53 Å². The monoisotopic (exact) mass is 332 g/mol. The van der Waals surface area contributed by atoms with Gasteiger partial charge < -0.3 is 14.9 Å². The fraction of sp³-hybridized carbons (Fsp3) is 0.750. The zero-order valence-electron chi connectivity index (χ0n) is 14.6. The van der Waals surface area contributed by atoms with Crippen molar-refractivity contribution in [2.24, 2.45) is 28.6 Å². The summed E-state index contributed by atoms with van der Waals surface area (Å²) in [4.78, 5) is 12.7. The lowest BCUT2D eigenvalue weighted by Gasteiger charge is -2.64. The normalized spacial score (nSPS) is 56.2. The van der Waals surface area contributed by atoms with Crippen LogP contribution in [0.3, 0.4) is 0 Å². The highest BCUT2D eigenvalue weighted by Crippen LogP contribution is 2.69. The Hall–Kier alpha value is -1.13. The van der Waals surface area contributed by atoms with E-state index in [1.807, 2.05) is 6.08 Å². The summed E-state index contributed by atoms with van der Waals surface area (Å²) in [6, 6.07) is 0. The quantitative estimate of drug-likeness (QED) is 0.572. The molecule has 0 aromatic heterocycles. The van der Waals surface area contributed by atoms with Crippen LogP contribution in [0.15, 0.2) is 24.8 Å². The molecule has 0 spiro atoms. The van der Waals surface area contributed by atoms with Gasteiger partial charge in [0.25, 0.3) is 0 Å². The van der Waals surface area contributed by atoms with Crippen molar-refractivity contribution in [2.45, 2.75) is 63.8 Å². The Labute approximate surface area is 143 Å². The van der Waals surface area contributed by atoms with Crippen LogP contribution in [0.5, 0.6) is 0 Å². The number of fused-ring (bicyclic) bond motifs is 2. The first kappa shape index (κ1) is 16.3. The molecule has 4 heteroatoms. The number of rotatable bonds is 1. The van der Waals surface area contributed by atoms with Crippen LogP contribution >= 0.6 is 0 Å². The second-order valence-corrected chi connectivity index (χ2v) is 8.80. The van der Waals surface area contributed by atoms with E-state index in [-0.39, 0.29) is 11.8 Å². The van der Waals surface area contributed by atoms with Gasteiger partial charge in [-0.3, -0.25) is 4.79 Å². The SMILES string of the molecule is C=C[C@H]1C(=C)CC[C@H]2[C@H]1C[C@H]1OC(=O)[C@@]3(C)[C@H](O)CC[C@@]2(C)[C@@]13O. The molecule has 3 aliphatic carbocycles. The van der Waals surface area contributed by atoms with Gasteiger partial charge in [-0.15, -0.1) is 6.58 Å². The largest absolute Gasteiger partial charge is 0.459 e. The lowest BCUT2D eigenvalue weighted by molar-refractivity contribution is -0.267. The van der Waals surface area contributed by atoms with Crippen molar-refractivity contribution < 1.29 is 19.7 Å². The molecule has 8 atom stereocenters. The molecule has 0 aromatic carbocycles. The van der Waals surface area contributed by atoms with Gasteiger partial charge in [0.05, 0.1) is 6.10 Å². The number of aliphatic hydroxyl groups excluding tert-OH is 1. The maximum absolute atomic E-state index is 12.7. The van der Waals surface area contributed by atoms with Gasteiger partial charge in [-0.05, 0) is 50.9 Å². The van der Waals surface area contributed by atoms with Crippen molar-refractivity contribution in [3.63, 3.8) is 0 Å². The van der Waals surface area contributed by atoms with E-state index in [4.69, 9.17) is 4.74 Å². The first-order valence-electron chi connectivity index (χ1n) is 9.13. The molecular formula is C20H28O4. The minimum atomic E-state index is -1.31. The molecule has 0 unspecified atom stereocenters. The molecule has 132 valence electrons. The summed E-state index contributed by atoms with van der Waals surface area (Å²) in [6.07, 6.45) is 4.34. The second-order valence-electron chi connectivity index (χ2n) is 8.80. The van der Waals surface area contributed by atoms with Crippen LogP contribution in [0.4, 0.5) is 0 Å². The molecule has 0 radical (unpaired) electrons. The van der Waals surface area contributed by atoms with E-state index in [1.54, 1.807) is 6.92 Å². The fourth-order valence-corrected chi connectivity index (χ4v) is 6.75. The summed E-state index contributed by atoms with van der Waals surface area (Å²) in [5, 5.41) is 22.4. The maximum Gasteiger partial charge on any atom is 0.317 e. The minimum Gasteiger partial charge on any atom is -0.459 e. The van der Waals surface area contributed by atoms with Gasteiger partial charge in [-0.1, -0.05) is 25.2 Å². The van der Waals surface area contributed by atoms with Crippen LogP contribution in [-0.4, -0.2) is 34.0 Å². The number of esters is 1. The van der Waals surface area contributed by atoms with Crippen molar-refractivity contribution in [3.05, 3.63) is 24.8 Å². The number of hydrogen-bond donors (Lipinski definition) is 2. The van der Waals surface area contributed by atoms with Crippen LogP contribution in [0.1, 0.15) is 46.0 Å². The molecule has 1 aliphatic heterocycles. The van der Waals surface area contributed by atoms with E-state index in [9.17, 15) is 15.0 Å². The highest BCUT2D eigenvalue weighted by Gasteiger charge is 2.79. The number of carbonyl (C=O) groups excluding carboxylic acids is 1. The smallest absolute Gasteiger partial charge is 0.317 e. The number of carbonyl (C=O) groups is 1. The van der Waals surface area contributed by atoms with Crippen molar-refractivity contribution in [1.82, 2.24) is 0 Å². The number of ether oxygens (including phenoxy) is 1. The number of aliphatic hydroxyl groups is 2. The highest BCUT2D eigenvalue weighted by atomic mass is 16.6. The van der Waals surface area contributed by atoms with Gasteiger partial charge in [-0.25, -0.2) is 0 Å². The van der Waals surface area contributed by atoms with Crippen molar-refractivity contribution >= 4 is 5.97 Å². The van der Waals surface area contributed by atoms with Crippen molar-refractivity contribution in [2.75, 3.05) is 0 Å². The molecule has 3 saturated carbocycles. The Morgan fingerprint density at radius 1 is 1.33 bits per heavy atom. The Balaban J connectivity index is 1.87. The predicted octanol–water partition coefficient (Wildman–Crippen LogP) is 2.60. The zero-order valence-corrected chi connectivity index (χ0v) is 14.6. The maximum atomic E-state index is 12.7. The Morgan fingerprint density at radius 2 is 2.04 bits per heavy atom. The average Bonchev–Trinajstić information content (AvgIpc) is 2.74. The second kappa shape index (κ2) is 4.73. The molecule has 4 aliphatic rings. The molecule has 1 saturated heterocycles. The van der Waals surface area contributed by atoms with E-state index in [0.29, 0.717) is 25.2 Å². The topological polar surface area (TPSA) is 66.8 Å². The van der Waals surface area contributed by atoms with Crippen LogP contribution in [0.25, 0.3) is 0 Å². The van der Waals surface area contributed by atoms with Gasteiger partial charge in [-0.2, -0.15) is 0 Å². The van der Waals surface area contributed by atoms with Gasteiger partial charge in [0, 0.05) is 11.3 Å². The third kappa shape index (κ3) is 1.51. The van der Waals surface area contributed by atoms with E-state index < -0.39 is 34.6 Å². The number of hydrogen-bond acceptors (Lipinski definition) is 4. The summed E-state index contributed by atoms with van der Waals surface area (Å²) in [6.45, 7) is 12.0. The summed E-state index contributed by atoms with van der Waals surface area (Å²) >= 11 is 0. The number of allylic oxidation sites excluding steroid dienone is 2. The fourth-order valence-electron chi connectivity index (χ4n) is 6.75. The zero-order chi connectivity index (χ0) is 17.5. The molecule has 1 heterocycles. The first-order chi connectivity index (χ1) is 11.2. The molecule has 24 heavy (non-hydrogen) atoms. The van der Waals surface area contributed by atoms with Gasteiger partial charge in [0.1, 0.15) is 17.1 Å². The van der Waals surface area contributed by atoms with Crippen LogP contribution in [0, 0.1) is 28.6 Å². The van der Waals surface area contributed by atoms with E-state index in [2.05, 4.69) is 20.1 Å². The third-order valence-corrected chi connectivity index (χ3v) is 8.19. The molecule has 4 nitrogen and oxygen atoms in total. The molecule has 0 amide bonds. The molecule has 0 bridgehead atoms. The van der Waals surface area contributed by atoms with E-state index in [1.165, 1.54) is 5.57 Å². The van der Waals surface area contributed by atoms with Gasteiger partial charge in [0.15, 0.2) is 0 Å². The minimum absolute atomic E-state index is 0.211. The van der Waals surface area contributed by atoms with Crippen LogP contribution < -0.4 is 0 Å². The Morgan fingerprint density at radius 3 is 2.71 bits per heavy atom. The Bertz CT molecular complexity index is 627. The van der Waals surface area contributed by atoms with Crippen molar-refractivity contribution in [1.29, 1.82) is 0 Å². The highest BCUT2D eigenvalue weighted by molar-refractivity contribution is 5.82. The summed E-state index contributed by atoms with van der Waals surface area (Å²) in [7, 11) is 0. The first-order valence-corrected chi connectivity index (χ1v) is 9.13. The molecule has 4 fully saturated rings. The van der Waals surface area contributed by atoms with Crippen molar-refractivity contribution in [3.8, 4) is 0 Å². The summed E-state index contributed by atoms with van der Waals surface area (Å²) < 4.78 is 5.68. The molecular weight excluding hydrogens is 304 g/mol. The molecule has 0 aromatic rings. The molecule has 2 N–H and O–H groups in total. The molecule has 4 rings (SSSR count). The average molecular weight is 332 g/mol. The van der Waals surface area contributed by atoms with Gasteiger partial charge >= 0.3 is 5.97 Å². The van der Waals surface area contributed by atoms with E-state index in [0.717, 1.165) is 12.8 Å². The van der Waals surface area contributed by atoms with Crippen LogP contribution in [0.2, 0.25) is 0 Å².